The minimum atomic E-state index is -0.204. The van der Waals surface area contributed by atoms with E-state index in [-0.39, 0.29) is 17.9 Å². The van der Waals surface area contributed by atoms with E-state index in [0.717, 1.165) is 19.4 Å². The lowest BCUT2D eigenvalue weighted by molar-refractivity contribution is 0.118. The minimum Gasteiger partial charge on any atom is -0.487 e. The fourth-order valence-electron chi connectivity index (χ4n) is 2.66. The van der Waals surface area contributed by atoms with Gasteiger partial charge in [-0.05, 0) is 31.5 Å². The molecule has 3 rings (SSSR count). The Hall–Kier alpha value is -1.49. The van der Waals surface area contributed by atoms with Crippen LogP contribution in [0.1, 0.15) is 24.4 Å². The Kier molecular flexibility index (Phi) is 4.71. The number of nitrogens with one attached hydrogen (secondary N) is 1. The van der Waals surface area contributed by atoms with Crippen molar-refractivity contribution in [3.63, 3.8) is 0 Å². The number of rotatable bonds is 3. The molecule has 1 aliphatic rings. The molecular weight excluding hydrogens is 323 g/mol. The molecular formula is C16H15Cl2N2O2. The molecule has 4 nitrogen and oxygen atoms in total. The van der Waals surface area contributed by atoms with Crippen molar-refractivity contribution in [2.45, 2.75) is 25.0 Å². The third-order valence-corrected chi connectivity index (χ3v) is 4.54. The first-order valence-corrected chi connectivity index (χ1v) is 7.87. The molecule has 1 aromatic carbocycles. The number of nitrogens with zero attached hydrogens (tertiary/aromatic N) is 1. The van der Waals surface area contributed by atoms with E-state index in [1.807, 2.05) is 0 Å². The molecule has 6 heteroatoms. The quantitative estimate of drug-likeness (QED) is 0.902. The second-order valence-corrected chi connectivity index (χ2v) is 5.98. The number of ether oxygens (including phenoxy) is 1. The van der Waals surface area contributed by atoms with E-state index in [1.54, 1.807) is 24.4 Å². The number of piperidine rings is 1. The van der Waals surface area contributed by atoms with Crippen LogP contribution in [0.5, 0.6) is 11.5 Å². The second kappa shape index (κ2) is 6.73. The van der Waals surface area contributed by atoms with Gasteiger partial charge in [-0.15, -0.1) is 0 Å². The third-order valence-electron chi connectivity index (χ3n) is 3.74. The molecule has 1 aromatic heterocycles. The maximum atomic E-state index is 12.1. The summed E-state index contributed by atoms with van der Waals surface area (Å²) >= 11 is 12.2. The summed E-state index contributed by atoms with van der Waals surface area (Å²) in [7, 11) is 0. The van der Waals surface area contributed by atoms with Crippen LogP contribution in [0.4, 0.5) is 0 Å². The van der Waals surface area contributed by atoms with Gasteiger partial charge in [0, 0.05) is 24.0 Å². The van der Waals surface area contributed by atoms with E-state index >= 15 is 0 Å². The highest BCUT2D eigenvalue weighted by atomic mass is 35.5. The van der Waals surface area contributed by atoms with Crippen molar-refractivity contribution in [3.05, 3.63) is 52.3 Å². The molecule has 1 aliphatic heterocycles. The first kappa shape index (κ1) is 15.4. The van der Waals surface area contributed by atoms with Crippen molar-refractivity contribution in [1.29, 1.82) is 0 Å². The largest absolute Gasteiger partial charge is 0.487 e. The molecule has 2 atom stereocenters. The Morgan fingerprint density at radius 1 is 1.27 bits per heavy atom. The van der Waals surface area contributed by atoms with Crippen LogP contribution in [0, 0.1) is 0 Å². The summed E-state index contributed by atoms with van der Waals surface area (Å²) in [5.74, 6) is 0.490. The van der Waals surface area contributed by atoms with Gasteiger partial charge in [-0.3, -0.25) is 10.1 Å². The monoisotopic (exact) mass is 337 g/mol. The average Bonchev–Trinajstić information content (AvgIpc) is 2.53. The third kappa shape index (κ3) is 3.14. The van der Waals surface area contributed by atoms with Crippen LogP contribution in [-0.4, -0.2) is 17.6 Å². The molecule has 0 bridgehead atoms. The van der Waals surface area contributed by atoms with Crippen LogP contribution >= 0.6 is 23.2 Å². The number of aromatic nitrogens is 1. The normalized spacial score (nSPS) is 21.5. The van der Waals surface area contributed by atoms with E-state index in [2.05, 4.69) is 10.3 Å². The first-order valence-electron chi connectivity index (χ1n) is 7.12. The van der Waals surface area contributed by atoms with Crippen LogP contribution in [0.15, 0.2) is 36.7 Å². The highest BCUT2D eigenvalue weighted by Gasteiger charge is 2.31. The van der Waals surface area contributed by atoms with Gasteiger partial charge >= 0.3 is 0 Å². The van der Waals surface area contributed by atoms with Gasteiger partial charge in [0.15, 0.2) is 5.75 Å². The molecule has 1 fully saturated rings. The maximum absolute atomic E-state index is 12.1. The van der Waals surface area contributed by atoms with Crippen molar-refractivity contribution in [2.75, 3.05) is 6.54 Å². The van der Waals surface area contributed by atoms with Gasteiger partial charge in [-0.25, -0.2) is 0 Å². The molecule has 0 aliphatic carbocycles. The van der Waals surface area contributed by atoms with Gasteiger partial charge < -0.3 is 10.1 Å². The van der Waals surface area contributed by atoms with E-state index in [9.17, 15) is 5.11 Å². The van der Waals surface area contributed by atoms with E-state index in [4.69, 9.17) is 27.9 Å². The molecule has 115 valence electrons. The highest BCUT2D eigenvalue weighted by Crippen LogP contribution is 2.36. The molecule has 2 unspecified atom stereocenters. The van der Waals surface area contributed by atoms with Crippen molar-refractivity contribution >= 4 is 23.2 Å². The lowest BCUT2D eigenvalue weighted by atomic mass is 9.95. The molecule has 0 spiro atoms. The fraction of sp³-hybridized carbons (Fsp3) is 0.312. The Morgan fingerprint density at radius 3 is 2.95 bits per heavy atom. The average molecular weight is 338 g/mol. The van der Waals surface area contributed by atoms with Crippen LogP contribution in [0.3, 0.4) is 0 Å². The van der Waals surface area contributed by atoms with E-state index in [1.165, 1.54) is 12.3 Å². The van der Waals surface area contributed by atoms with Crippen LogP contribution < -0.4 is 10.1 Å². The summed E-state index contributed by atoms with van der Waals surface area (Å²) in [5, 5.41) is 16.2. The lowest BCUT2D eigenvalue weighted by Gasteiger charge is -2.33. The Bertz CT molecular complexity index is 666. The fourth-order valence-corrected chi connectivity index (χ4v) is 3.00. The van der Waals surface area contributed by atoms with E-state index in [0.29, 0.717) is 21.4 Å². The standard InChI is InChI=1S/C16H15Cl2N2O2/c17-11-3-1-4-13(15(11)18)22-14-5-2-7-20-16(14)10-9-19-8-6-12(10)21/h1,3-4,6,8-9,14,16,20H,2,5,7H2. The lowest BCUT2D eigenvalue weighted by Crippen LogP contribution is -2.41. The van der Waals surface area contributed by atoms with Crippen LogP contribution in [0.2, 0.25) is 10.0 Å². The zero-order valence-electron chi connectivity index (χ0n) is 11.8. The van der Waals surface area contributed by atoms with Gasteiger partial charge in [0.25, 0.3) is 0 Å². The summed E-state index contributed by atoms with van der Waals surface area (Å²) in [5.41, 5.74) is 0.616. The van der Waals surface area contributed by atoms with Gasteiger partial charge in [-0.1, -0.05) is 29.3 Å². The predicted molar refractivity (Wildman–Crippen MR) is 85.2 cm³/mol. The zero-order valence-corrected chi connectivity index (χ0v) is 13.3. The molecule has 22 heavy (non-hydrogen) atoms. The smallest absolute Gasteiger partial charge is 0.186 e. The molecule has 1 radical (unpaired) electrons. The van der Waals surface area contributed by atoms with Crippen LogP contribution in [0.25, 0.3) is 0 Å². The number of hydrogen-bond donors (Lipinski definition) is 1. The Morgan fingerprint density at radius 2 is 2.14 bits per heavy atom. The second-order valence-electron chi connectivity index (χ2n) is 5.20. The summed E-state index contributed by atoms with van der Waals surface area (Å²) in [4.78, 5) is 4.05. The molecule has 2 aromatic rings. The van der Waals surface area contributed by atoms with Crippen LogP contribution in [-0.2, 0) is 5.11 Å². The van der Waals surface area contributed by atoms with Gasteiger partial charge in [0.2, 0.25) is 0 Å². The van der Waals surface area contributed by atoms with Gasteiger partial charge in [0.1, 0.15) is 16.9 Å². The summed E-state index contributed by atoms with van der Waals surface area (Å²) in [6.45, 7) is 0.835. The summed E-state index contributed by atoms with van der Waals surface area (Å²) in [6, 6.07) is 6.54. The number of benzene rings is 1. The molecule has 0 saturated carbocycles. The topological polar surface area (TPSA) is 54.0 Å². The molecule has 1 saturated heterocycles. The number of pyridine rings is 1. The van der Waals surface area contributed by atoms with Crippen molar-refractivity contribution in [3.8, 4) is 11.5 Å². The summed E-state index contributed by atoms with van der Waals surface area (Å²) < 4.78 is 6.04. The number of hydrogen-bond acceptors (Lipinski definition) is 3. The maximum Gasteiger partial charge on any atom is 0.186 e. The Balaban J connectivity index is 1.87. The Labute approximate surface area is 139 Å². The first-order chi connectivity index (χ1) is 10.7. The van der Waals surface area contributed by atoms with Gasteiger partial charge in [0.05, 0.1) is 11.1 Å². The molecule has 1 N–H and O–H groups in total. The molecule has 0 amide bonds. The van der Waals surface area contributed by atoms with Crippen molar-refractivity contribution < 1.29 is 9.84 Å². The highest BCUT2D eigenvalue weighted by molar-refractivity contribution is 6.42. The predicted octanol–water partition coefficient (Wildman–Crippen LogP) is 4.40. The van der Waals surface area contributed by atoms with Gasteiger partial charge in [-0.2, -0.15) is 0 Å². The summed E-state index contributed by atoms with van der Waals surface area (Å²) in [6.07, 6.45) is 4.70. The zero-order chi connectivity index (χ0) is 15.5. The minimum absolute atomic E-state index is 0.0415. The van der Waals surface area contributed by atoms with E-state index < -0.39 is 0 Å². The molecule has 2 heterocycles. The SMILES string of the molecule is [O]c1ccncc1C1NCCCC1Oc1cccc(Cl)c1Cl. The van der Waals surface area contributed by atoms with Crippen molar-refractivity contribution in [2.24, 2.45) is 0 Å². The number of halogens is 2. The van der Waals surface area contributed by atoms with Crippen molar-refractivity contribution in [1.82, 2.24) is 10.3 Å².